The van der Waals surface area contributed by atoms with Gasteiger partial charge in [-0.15, -0.1) is 0 Å². The highest BCUT2D eigenvalue weighted by atomic mass is 16.1. The maximum atomic E-state index is 10.5. The molecule has 74 valence electrons. The number of amides is 1. The van der Waals surface area contributed by atoms with Gasteiger partial charge in [0.15, 0.2) is 0 Å². The zero-order valence-corrected chi connectivity index (χ0v) is 8.44. The largest absolute Gasteiger partial charge is 0.345 e. The minimum atomic E-state index is -0.108. The van der Waals surface area contributed by atoms with Gasteiger partial charge in [0.1, 0.15) is 5.78 Å². The molecule has 14 heavy (non-hydrogen) atoms. The highest BCUT2D eigenvalue weighted by molar-refractivity contribution is 5.75. The number of carbonyl (C=O) groups is 2. The Kier molecular flexibility index (Phi) is 6.91. The number of Topliss-reactive ketones (excluding diaryl/α,β-unsaturated/α-hetero) is 1. The molecule has 0 heterocycles. The first-order valence-corrected chi connectivity index (χ1v) is 4.32. The molecule has 0 spiro atoms. The maximum Gasteiger partial charge on any atom is 0.217 e. The van der Waals surface area contributed by atoms with E-state index in [1.54, 1.807) is 0 Å². The Bertz CT molecular complexity index is 289. The van der Waals surface area contributed by atoms with Crippen molar-refractivity contribution in [2.75, 3.05) is 6.54 Å². The fraction of sp³-hybridized carbons (Fsp3) is 0.455. The van der Waals surface area contributed by atoms with Crippen LogP contribution in [0.15, 0.2) is 0 Å². The summed E-state index contributed by atoms with van der Waals surface area (Å²) in [6.07, 6.45) is 1.02. The lowest BCUT2D eigenvalue weighted by Crippen LogP contribution is -2.19. The Morgan fingerprint density at radius 1 is 1.14 bits per heavy atom. The molecule has 0 aromatic rings. The molecule has 0 aliphatic carbocycles. The Hall–Kier alpha value is -1.74. The minimum absolute atomic E-state index is 0.108. The predicted molar refractivity (Wildman–Crippen MR) is 54.2 cm³/mol. The van der Waals surface area contributed by atoms with E-state index in [1.807, 2.05) is 0 Å². The molecule has 0 aromatic carbocycles. The van der Waals surface area contributed by atoms with E-state index in [4.69, 9.17) is 0 Å². The minimum Gasteiger partial charge on any atom is -0.345 e. The normalized spacial score (nSPS) is 7.57. The standard InChI is InChI=1S/C11H13NO2/c1-10(13)8-6-4-3-5-7-9-12-11(2)14/h6,8-9H2,1-2H3,(H,12,14). The van der Waals surface area contributed by atoms with Gasteiger partial charge in [0.05, 0.1) is 6.54 Å². The van der Waals surface area contributed by atoms with Gasteiger partial charge in [0.2, 0.25) is 5.91 Å². The summed E-state index contributed by atoms with van der Waals surface area (Å²) in [6, 6.07) is 0. The van der Waals surface area contributed by atoms with Gasteiger partial charge in [-0.3, -0.25) is 9.59 Å². The molecule has 0 rings (SSSR count). The molecule has 0 fully saturated rings. The van der Waals surface area contributed by atoms with Crippen molar-refractivity contribution in [3.05, 3.63) is 0 Å². The van der Waals surface area contributed by atoms with Crippen LogP contribution in [0.4, 0.5) is 0 Å². The number of ketones is 1. The highest BCUT2D eigenvalue weighted by Crippen LogP contribution is 1.85. The molecule has 0 aliphatic rings. The molecule has 3 nitrogen and oxygen atoms in total. The summed E-state index contributed by atoms with van der Waals surface area (Å²) in [5, 5.41) is 2.52. The molecule has 0 radical (unpaired) electrons. The van der Waals surface area contributed by atoms with E-state index >= 15 is 0 Å². The Labute approximate surface area is 84.3 Å². The van der Waals surface area contributed by atoms with E-state index in [9.17, 15) is 9.59 Å². The van der Waals surface area contributed by atoms with Gasteiger partial charge in [-0.2, -0.15) is 0 Å². The van der Waals surface area contributed by atoms with Gasteiger partial charge in [-0.25, -0.2) is 0 Å². The third-order valence-corrected chi connectivity index (χ3v) is 1.27. The summed E-state index contributed by atoms with van der Waals surface area (Å²) in [7, 11) is 0. The lowest BCUT2D eigenvalue weighted by molar-refractivity contribution is -0.119. The van der Waals surface area contributed by atoms with Crippen LogP contribution in [-0.4, -0.2) is 18.2 Å². The molecular formula is C11H13NO2. The van der Waals surface area contributed by atoms with Crippen molar-refractivity contribution in [3.8, 4) is 23.7 Å². The Balaban J connectivity index is 3.58. The van der Waals surface area contributed by atoms with Gasteiger partial charge in [0, 0.05) is 19.8 Å². The fourth-order valence-electron chi connectivity index (χ4n) is 0.602. The lowest BCUT2D eigenvalue weighted by atomic mass is 10.2. The molecule has 0 saturated heterocycles. The summed E-state index contributed by atoms with van der Waals surface area (Å²) in [4.78, 5) is 20.9. The third kappa shape index (κ3) is 10.3. The van der Waals surface area contributed by atoms with Crippen molar-refractivity contribution in [3.63, 3.8) is 0 Å². The third-order valence-electron chi connectivity index (χ3n) is 1.27. The quantitative estimate of drug-likeness (QED) is 0.660. The Morgan fingerprint density at radius 3 is 2.36 bits per heavy atom. The van der Waals surface area contributed by atoms with Crippen LogP contribution in [0.2, 0.25) is 0 Å². The summed E-state index contributed by atoms with van der Waals surface area (Å²) >= 11 is 0. The molecule has 3 heteroatoms. The lowest BCUT2D eigenvalue weighted by Gasteiger charge is -1.89. The summed E-state index contributed by atoms with van der Waals surface area (Å²) in [5.74, 6) is 10.6. The zero-order valence-electron chi connectivity index (χ0n) is 8.44. The van der Waals surface area contributed by atoms with E-state index in [1.165, 1.54) is 13.8 Å². The van der Waals surface area contributed by atoms with Crippen LogP contribution in [-0.2, 0) is 9.59 Å². The van der Waals surface area contributed by atoms with Crippen molar-refractivity contribution < 1.29 is 9.59 Å². The summed E-state index contributed by atoms with van der Waals surface area (Å²) in [5.41, 5.74) is 0. The highest BCUT2D eigenvalue weighted by Gasteiger charge is 1.87. The Morgan fingerprint density at radius 2 is 1.79 bits per heavy atom. The average molecular weight is 191 g/mol. The van der Waals surface area contributed by atoms with E-state index in [-0.39, 0.29) is 11.7 Å². The van der Waals surface area contributed by atoms with Gasteiger partial charge < -0.3 is 5.32 Å². The van der Waals surface area contributed by atoms with Gasteiger partial charge in [-0.1, -0.05) is 11.8 Å². The van der Waals surface area contributed by atoms with Crippen LogP contribution < -0.4 is 5.32 Å². The molecule has 1 amide bonds. The monoisotopic (exact) mass is 191 g/mol. The summed E-state index contributed by atoms with van der Waals surface area (Å²) < 4.78 is 0. The molecule has 0 aromatic heterocycles. The van der Waals surface area contributed by atoms with Gasteiger partial charge >= 0.3 is 0 Å². The number of rotatable bonds is 3. The molecule has 0 saturated carbocycles. The van der Waals surface area contributed by atoms with Gasteiger partial charge in [-0.05, 0) is 18.8 Å². The smallest absolute Gasteiger partial charge is 0.217 e. The van der Waals surface area contributed by atoms with Crippen molar-refractivity contribution in [1.82, 2.24) is 5.32 Å². The SMILES string of the molecule is CC(=O)CCC#CC#CCNC(C)=O. The maximum absolute atomic E-state index is 10.5. The van der Waals surface area contributed by atoms with E-state index in [2.05, 4.69) is 29.0 Å². The van der Waals surface area contributed by atoms with Crippen LogP contribution in [0.1, 0.15) is 26.7 Å². The summed E-state index contributed by atoms with van der Waals surface area (Å²) in [6.45, 7) is 3.28. The predicted octanol–water partition coefficient (Wildman–Crippen LogP) is 0.498. The van der Waals surface area contributed by atoms with Crippen molar-refractivity contribution in [1.29, 1.82) is 0 Å². The van der Waals surface area contributed by atoms with Crippen LogP contribution in [0.25, 0.3) is 0 Å². The second-order valence-corrected chi connectivity index (χ2v) is 2.72. The first-order chi connectivity index (χ1) is 6.63. The van der Waals surface area contributed by atoms with Crippen LogP contribution >= 0.6 is 0 Å². The van der Waals surface area contributed by atoms with Crippen molar-refractivity contribution >= 4 is 11.7 Å². The van der Waals surface area contributed by atoms with Crippen LogP contribution in [0.3, 0.4) is 0 Å². The molecule has 0 atom stereocenters. The fourth-order valence-corrected chi connectivity index (χ4v) is 0.602. The van der Waals surface area contributed by atoms with E-state index in [0.29, 0.717) is 19.4 Å². The molecule has 0 aliphatic heterocycles. The molecular weight excluding hydrogens is 178 g/mol. The van der Waals surface area contributed by atoms with Crippen molar-refractivity contribution in [2.45, 2.75) is 26.7 Å². The number of hydrogen-bond donors (Lipinski definition) is 1. The molecule has 0 bridgehead atoms. The van der Waals surface area contributed by atoms with Crippen LogP contribution in [0.5, 0.6) is 0 Å². The molecule has 0 unspecified atom stereocenters. The van der Waals surface area contributed by atoms with Crippen molar-refractivity contribution in [2.24, 2.45) is 0 Å². The van der Waals surface area contributed by atoms with E-state index < -0.39 is 0 Å². The molecule has 1 N–H and O–H groups in total. The average Bonchev–Trinajstić information content (AvgIpc) is 2.08. The second kappa shape index (κ2) is 7.89. The number of carbonyl (C=O) groups excluding carboxylic acids is 2. The number of hydrogen-bond acceptors (Lipinski definition) is 2. The zero-order chi connectivity index (χ0) is 10.8. The van der Waals surface area contributed by atoms with Gasteiger partial charge in [0.25, 0.3) is 0 Å². The second-order valence-electron chi connectivity index (χ2n) is 2.72. The van der Waals surface area contributed by atoms with Crippen LogP contribution in [0, 0.1) is 23.7 Å². The first kappa shape index (κ1) is 12.3. The van der Waals surface area contributed by atoms with E-state index in [0.717, 1.165) is 0 Å². The topological polar surface area (TPSA) is 46.2 Å². The number of nitrogens with one attached hydrogen (secondary N) is 1. The first-order valence-electron chi connectivity index (χ1n) is 4.32.